The molecule has 0 aliphatic carbocycles. The highest BCUT2D eigenvalue weighted by Crippen LogP contribution is 2.24. The van der Waals surface area contributed by atoms with Gasteiger partial charge in [-0.2, -0.15) is 11.8 Å². The number of aryl methyl sites for hydroxylation is 1. The predicted molar refractivity (Wildman–Crippen MR) is 95.2 cm³/mol. The molecule has 1 N–H and O–H groups in total. The molecule has 0 spiro atoms. The molecule has 1 unspecified atom stereocenters. The Morgan fingerprint density at radius 3 is 2.48 bits per heavy atom. The number of halogens is 1. The molecule has 2 aromatic rings. The van der Waals surface area contributed by atoms with Gasteiger partial charge < -0.3 is 5.32 Å². The van der Waals surface area contributed by atoms with Crippen LogP contribution in [0.5, 0.6) is 0 Å². The molecule has 0 amide bonds. The van der Waals surface area contributed by atoms with Crippen LogP contribution in [-0.4, -0.2) is 12.3 Å². The maximum absolute atomic E-state index is 5.92. The van der Waals surface area contributed by atoms with Gasteiger partial charge in [0.25, 0.3) is 0 Å². The van der Waals surface area contributed by atoms with Crippen LogP contribution in [0.15, 0.2) is 48.5 Å². The van der Waals surface area contributed by atoms with Gasteiger partial charge in [-0.1, -0.05) is 54.9 Å². The highest BCUT2D eigenvalue weighted by atomic mass is 35.5. The molecule has 3 heteroatoms. The number of thioether (sulfide) groups is 1. The van der Waals surface area contributed by atoms with Gasteiger partial charge in [0.2, 0.25) is 0 Å². The molecule has 2 aromatic carbocycles. The van der Waals surface area contributed by atoms with Gasteiger partial charge >= 0.3 is 0 Å². The second-order valence-electron chi connectivity index (χ2n) is 5.11. The number of benzene rings is 2. The van der Waals surface area contributed by atoms with Gasteiger partial charge in [-0.05, 0) is 42.3 Å². The highest BCUT2D eigenvalue weighted by Gasteiger charge is 2.12. The molecule has 0 fully saturated rings. The van der Waals surface area contributed by atoms with Crippen molar-refractivity contribution < 1.29 is 0 Å². The Hall–Kier alpha value is -0.960. The average Bonchev–Trinajstić information content (AvgIpc) is 2.49. The van der Waals surface area contributed by atoms with E-state index in [0.29, 0.717) is 6.04 Å². The van der Waals surface area contributed by atoms with Crippen LogP contribution >= 0.6 is 23.4 Å². The van der Waals surface area contributed by atoms with Gasteiger partial charge in [0, 0.05) is 22.6 Å². The van der Waals surface area contributed by atoms with Crippen LogP contribution in [0.2, 0.25) is 5.02 Å². The lowest BCUT2D eigenvalue weighted by atomic mass is 10.0. The monoisotopic (exact) mass is 319 g/mol. The Bertz CT molecular complexity index is 553. The molecule has 112 valence electrons. The Labute approximate surface area is 137 Å². The van der Waals surface area contributed by atoms with E-state index in [1.165, 1.54) is 16.7 Å². The summed E-state index contributed by atoms with van der Waals surface area (Å²) in [6.45, 7) is 5.33. The van der Waals surface area contributed by atoms with Crippen molar-refractivity contribution in [3.8, 4) is 0 Å². The van der Waals surface area contributed by atoms with Crippen LogP contribution in [0, 0.1) is 6.92 Å². The van der Waals surface area contributed by atoms with Gasteiger partial charge in [-0.25, -0.2) is 0 Å². The normalized spacial score (nSPS) is 12.3. The molecule has 0 saturated carbocycles. The Balaban J connectivity index is 1.94. The minimum absolute atomic E-state index is 0.411. The predicted octanol–water partition coefficient (Wildman–Crippen LogP) is 5.23. The molecule has 0 heterocycles. The topological polar surface area (TPSA) is 12.0 Å². The Morgan fingerprint density at radius 1 is 1.10 bits per heavy atom. The fraction of sp³-hybridized carbons (Fsp3) is 0.333. The van der Waals surface area contributed by atoms with Crippen molar-refractivity contribution in [3.05, 3.63) is 70.2 Å². The van der Waals surface area contributed by atoms with Crippen LogP contribution in [0.4, 0.5) is 0 Å². The first kappa shape index (κ1) is 16.4. The quantitative estimate of drug-likeness (QED) is 0.749. The fourth-order valence-corrected chi connectivity index (χ4v) is 3.56. The van der Waals surface area contributed by atoms with E-state index in [1.54, 1.807) is 0 Å². The summed E-state index contributed by atoms with van der Waals surface area (Å²) in [7, 11) is 0. The molecule has 1 atom stereocenters. The zero-order valence-corrected chi connectivity index (χ0v) is 14.2. The molecule has 0 saturated heterocycles. The van der Waals surface area contributed by atoms with Crippen LogP contribution in [0.25, 0.3) is 0 Å². The molecular weight excluding hydrogens is 298 g/mol. The summed E-state index contributed by atoms with van der Waals surface area (Å²) in [6.07, 6.45) is 0. The molecule has 0 aliphatic rings. The molecule has 2 rings (SSSR count). The third-order valence-corrected chi connectivity index (χ3v) is 4.84. The zero-order chi connectivity index (χ0) is 15.1. The maximum atomic E-state index is 5.92. The number of nitrogens with one attached hydrogen (secondary N) is 1. The Morgan fingerprint density at radius 2 is 1.81 bits per heavy atom. The first-order chi connectivity index (χ1) is 10.2. The lowest BCUT2D eigenvalue weighted by Crippen LogP contribution is -2.23. The van der Waals surface area contributed by atoms with E-state index in [0.717, 1.165) is 23.1 Å². The summed E-state index contributed by atoms with van der Waals surface area (Å²) in [5.74, 6) is 2.09. The van der Waals surface area contributed by atoms with Gasteiger partial charge in [0.15, 0.2) is 0 Å². The molecule has 1 nitrogen and oxygen atoms in total. The number of hydrogen-bond acceptors (Lipinski definition) is 2. The standard InChI is InChI=1S/C18H22ClNS/c1-3-20-18(17-7-5-4-6-14(17)2)13-21-12-15-8-10-16(19)11-9-15/h4-11,18,20H,3,12-13H2,1-2H3. The van der Waals surface area contributed by atoms with E-state index in [9.17, 15) is 0 Å². The smallest absolute Gasteiger partial charge is 0.0414 e. The van der Waals surface area contributed by atoms with Crippen molar-refractivity contribution in [1.29, 1.82) is 0 Å². The number of hydrogen-bond donors (Lipinski definition) is 1. The highest BCUT2D eigenvalue weighted by molar-refractivity contribution is 7.98. The van der Waals surface area contributed by atoms with Crippen LogP contribution in [-0.2, 0) is 5.75 Å². The van der Waals surface area contributed by atoms with E-state index in [4.69, 9.17) is 11.6 Å². The molecular formula is C18H22ClNS. The Kier molecular flexibility index (Phi) is 6.62. The van der Waals surface area contributed by atoms with Gasteiger partial charge in [0.05, 0.1) is 0 Å². The van der Waals surface area contributed by atoms with Gasteiger partial charge in [-0.3, -0.25) is 0 Å². The lowest BCUT2D eigenvalue weighted by molar-refractivity contribution is 0.603. The minimum Gasteiger partial charge on any atom is -0.310 e. The van der Waals surface area contributed by atoms with Crippen LogP contribution < -0.4 is 5.32 Å². The van der Waals surface area contributed by atoms with E-state index >= 15 is 0 Å². The molecule has 0 aromatic heterocycles. The second kappa shape index (κ2) is 8.47. The van der Waals surface area contributed by atoms with Crippen molar-refractivity contribution in [1.82, 2.24) is 5.32 Å². The lowest BCUT2D eigenvalue weighted by Gasteiger charge is -2.20. The van der Waals surface area contributed by atoms with Crippen LogP contribution in [0.3, 0.4) is 0 Å². The largest absolute Gasteiger partial charge is 0.310 e. The van der Waals surface area contributed by atoms with Crippen molar-refractivity contribution in [3.63, 3.8) is 0 Å². The summed E-state index contributed by atoms with van der Waals surface area (Å²) in [4.78, 5) is 0. The van der Waals surface area contributed by atoms with E-state index in [-0.39, 0.29) is 0 Å². The fourth-order valence-electron chi connectivity index (χ4n) is 2.36. The summed E-state index contributed by atoms with van der Waals surface area (Å²) in [5, 5.41) is 4.39. The molecule has 21 heavy (non-hydrogen) atoms. The van der Waals surface area contributed by atoms with E-state index in [1.807, 2.05) is 23.9 Å². The van der Waals surface area contributed by atoms with Gasteiger partial charge in [0.1, 0.15) is 0 Å². The van der Waals surface area contributed by atoms with Crippen molar-refractivity contribution in [2.24, 2.45) is 0 Å². The second-order valence-corrected chi connectivity index (χ2v) is 6.58. The third kappa shape index (κ3) is 5.06. The zero-order valence-electron chi connectivity index (χ0n) is 12.6. The first-order valence-electron chi connectivity index (χ1n) is 7.31. The SMILES string of the molecule is CCNC(CSCc1ccc(Cl)cc1)c1ccccc1C. The van der Waals surface area contributed by atoms with Crippen molar-refractivity contribution in [2.45, 2.75) is 25.6 Å². The van der Waals surface area contributed by atoms with Crippen molar-refractivity contribution in [2.75, 3.05) is 12.3 Å². The molecule has 0 radical (unpaired) electrons. The van der Waals surface area contributed by atoms with Gasteiger partial charge in [-0.15, -0.1) is 0 Å². The summed E-state index contributed by atoms with van der Waals surface area (Å²) >= 11 is 7.88. The maximum Gasteiger partial charge on any atom is 0.0414 e. The van der Waals surface area contributed by atoms with E-state index < -0.39 is 0 Å². The summed E-state index contributed by atoms with van der Waals surface area (Å²) in [5.41, 5.74) is 4.09. The average molecular weight is 320 g/mol. The molecule has 0 aliphatic heterocycles. The van der Waals surface area contributed by atoms with Crippen LogP contribution in [0.1, 0.15) is 29.7 Å². The molecule has 0 bridgehead atoms. The summed E-state index contributed by atoms with van der Waals surface area (Å²) in [6, 6.07) is 17.2. The first-order valence-corrected chi connectivity index (χ1v) is 8.85. The van der Waals surface area contributed by atoms with Crippen molar-refractivity contribution >= 4 is 23.4 Å². The number of rotatable bonds is 7. The summed E-state index contributed by atoms with van der Waals surface area (Å²) < 4.78 is 0. The third-order valence-electron chi connectivity index (χ3n) is 3.48. The minimum atomic E-state index is 0.411. The van der Waals surface area contributed by atoms with E-state index in [2.05, 4.69) is 55.6 Å².